The number of fused-ring (bicyclic) bond motifs is 1. The maximum atomic E-state index is 13.4. The second kappa shape index (κ2) is 11.2. The van der Waals surface area contributed by atoms with Crippen LogP contribution < -0.4 is 10.1 Å². The molecule has 10 heteroatoms. The predicted molar refractivity (Wildman–Crippen MR) is 147 cm³/mol. The van der Waals surface area contributed by atoms with Gasteiger partial charge < -0.3 is 15.2 Å². The Hall–Kier alpha value is -5.12. The minimum Gasteiger partial charge on any atom is -0.481 e. The number of carbonyl (C=O) groups is 2. The van der Waals surface area contributed by atoms with Gasteiger partial charge in [0.25, 0.3) is 5.91 Å². The third-order valence-corrected chi connectivity index (χ3v) is 6.36. The van der Waals surface area contributed by atoms with E-state index in [9.17, 15) is 22.8 Å². The zero-order chi connectivity index (χ0) is 29.1. The maximum Gasteiger partial charge on any atom is 0.416 e. The van der Waals surface area contributed by atoms with E-state index in [-0.39, 0.29) is 18.7 Å². The molecule has 0 saturated heterocycles. The number of benzene rings is 4. The Bertz CT molecular complexity index is 1740. The Kier molecular flexibility index (Phi) is 7.47. The van der Waals surface area contributed by atoms with E-state index >= 15 is 0 Å². The summed E-state index contributed by atoms with van der Waals surface area (Å²) in [6.45, 7) is 2.00. The molecule has 0 atom stereocenters. The fourth-order valence-electron chi connectivity index (χ4n) is 4.29. The van der Waals surface area contributed by atoms with Gasteiger partial charge in [-0.3, -0.25) is 9.59 Å². The molecule has 0 aliphatic heterocycles. The maximum absolute atomic E-state index is 13.4. The summed E-state index contributed by atoms with van der Waals surface area (Å²) in [7, 11) is 0. The average molecular weight is 560 g/mol. The van der Waals surface area contributed by atoms with Crippen LogP contribution in [0.5, 0.6) is 11.5 Å². The van der Waals surface area contributed by atoms with Crippen molar-refractivity contribution in [2.24, 2.45) is 0 Å². The monoisotopic (exact) mass is 559 g/mol. The number of nitrogens with one attached hydrogen (secondary N) is 1. The highest BCUT2D eigenvalue weighted by Gasteiger charge is 2.30. The quantitative estimate of drug-likeness (QED) is 0.213. The van der Waals surface area contributed by atoms with E-state index in [0.717, 1.165) is 28.5 Å². The number of aromatic nitrogens is 2. The molecule has 4 aromatic carbocycles. The van der Waals surface area contributed by atoms with E-state index in [4.69, 9.17) is 9.84 Å². The molecule has 1 amide bonds. The van der Waals surface area contributed by atoms with Crippen molar-refractivity contribution >= 4 is 22.6 Å². The average Bonchev–Trinajstić information content (AvgIpc) is 3.36. The summed E-state index contributed by atoms with van der Waals surface area (Å²) in [5.74, 6) is -0.778. The number of aryl methyl sites for hydroxylation is 1. The van der Waals surface area contributed by atoms with E-state index in [1.54, 1.807) is 12.1 Å². The van der Waals surface area contributed by atoms with Crippen molar-refractivity contribution < 1.29 is 32.6 Å². The van der Waals surface area contributed by atoms with Crippen molar-refractivity contribution in [3.05, 3.63) is 108 Å². The summed E-state index contributed by atoms with van der Waals surface area (Å²) in [5.41, 5.74) is 1.96. The molecule has 0 saturated carbocycles. The minimum absolute atomic E-state index is 0.00414. The zero-order valence-electron chi connectivity index (χ0n) is 21.8. The van der Waals surface area contributed by atoms with Crippen molar-refractivity contribution in [2.75, 3.05) is 6.54 Å². The van der Waals surface area contributed by atoms with Crippen LogP contribution in [0.25, 0.3) is 27.7 Å². The van der Waals surface area contributed by atoms with Crippen LogP contribution in [0.3, 0.4) is 0 Å². The Balaban J connectivity index is 1.49. The molecule has 1 heterocycles. The van der Waals surface area contributed by atoms with Crippen molar-refractivity contribution in [3.63, 3.8) is 0 Å². The van der Waals surface area contributed by atoms with Gasteiger partial charge in [-0.2, -0.15) is 18.3 Å². The van der Waals surface area contributed by atoms with Gasteiger partial charge in [-0.05, 0) is 66.2 Å². The number of alkyl halides is 3. The molecular weight excluding hydrogens is 535 g/mol. The van der Waals surface area contributed by atoms with Gasteiger partial charge in [0.15, 0.2) is 5.75 Å². The molecule has 7 nitrogen and oxygen atoms in total. The van der Waals surface area contributed by atoms with Gasteiger partial charge >= 0.3 is 12.1 Å². The van der Waals surface area contributed by atoms with Crippen LogP contribution in [-0.4, -0.2) is 33.3 Å². The molecule has 1 aromatic heterocycles. The van der Waals surface area contributed by atoms with Crippen LogP contribution in [0.2, 0.25) is 0 Å². The molecule has 5 rings (SSSR count). The van der Waals surface area contributed by atoms with Crippen LogP contribution in [0.15, 0.2) is 91.1 Å². The summed E-state index contributed by atoms with van der Waals surface area (Å²) in [4.78, 5) is 23.0. The SMILES string of the molecule is Cc1ccc2cc(-c3nn(-c4cccc(C(F)(F)F)c4)cc3Oc3ccc(C(=O)NCCC(=O)O)cc3)ccc2c1. The Morgan fingerprint density at radius 1 is 0.951 bits per heavy atom. The van der Waals surface area contributed by atoms with E-state index in [1.807, 2.05) is 37.3 Å². The van der Waals surface area contributed by atoms with Crippen LogP contribution in [0.1, 0.15) is 27.9 Å². The number of halogens is 3. The predicted octanol–water partition coefficient (Wildman–Crippen LogP) is 7.02. The van der Waals surface area contributed by atoms with E-state index in [2.05, 4.69) is 16.5 Å². The number of carbonyl (C=O) groups excluding carboxylic acids is 1. The number of amides is 1. The zero-order valence-corrected chi connectivity index (χ0v) is 21.8. The summed E-state index contributed by atoms with van der Waals surface area (Å²) in [6, 6.07) is 22.8. The highest BCUT2D eigenvalue weighted by molar-refractivity contribution is 5.94. The lowest BCUT2D eigenvalue weighted by Crippen LogP contribution is -2.25. The highest BCUT2D eigenvalue weighted by atomic mass is 19.4. The van der Waals surface area contributed by atoms with Gasteiger partial charge in [-0.25, -0.2) is 4.68 Å². The fourth-order valence-corrected chi connectivity index (χ4v) is 4.29. The van der Waals surface area contributed by atoms with E-state index < -0.39 is 23.6 Å². The molecule has 208 valence electrons. The van der Waals surface area contributed by atoms with Gasteiger partial charge in [0, 0.05) is 17.7 Å². The molecule has 5 aromatic rings. The van der Waals surface area contributed by atoms with Crippen LogP contribution in [-0.2, 0) is 11.0 Å². The smallest absolute Gasteiger partial charge is 0.416 e. The number of ether oxygens (including phenoxy) is 1. The third-order valence-electron chi connectivity index (χ3n) is 6.36. The molecule has 41 heavy (non-hydrogen) atoms. The molecule has 0 bridgehead atoms. The second-order valence-corrected chi connectivity index (χ2v) is 9.43. The summed E-state index contributed by atoms with van der Waals surface area (Å²) < 4.78 is 47.6. The van der Waals surface area contributed by atoms with Gasteiger partial charge in [0.05, 0.1) is 23.9 Å². The molecule has 0 unspecified atom stereocenters. The molecule has 2 N–H and O–H groups in total. The lowest BCUT2D eigenvalue weighted by atomic mass is 10.0. The number of carboxylic acids is 1. The lowest BCUT2D eigenvalue weighted by Gasteiger charge is -2.08. The first-order valence-electron chi connectivity index (χ1n) is 12.6. The summed E-state index contributed by atoms with van der Waals surface area (Å²) in [6.07, 6.45) is -3.19. The molecule has 0 radical (unpaired) electrons. The number of rotatable bonds is 8. The van der Waals surface area contributed by atoms with Gasteiger partial charge in [0.1, 0.15) is 11.4 Å². The highest BCUT2D eigenvalue weighted by Crippen LogP contribution is 2.36. The first-order chi connectivity index (χ1) is 19.6. The van der Waals surface area contributed by atoms with Crippen molar-refractivity contribution in [2.45, 2.75) is 19.5 Å². The number of carboxylic acid groups (broad SMARTS) is 1. The van der Waals surface area contributed by atoms with Crippen LogP contribution >= 0.6 is 0 Å². The standard InChI is InChI=1S/C31H24F3N3O4/c1-19-5-6-22-16-23(8-7-21(22)15-19)29-27(18-37(36-29)25-4-2-3-24(17-25)31(32,33)34)41-26-11-9-20(10-12-26)30(40)35-14-13-28(38)39/h2-12,15-18H,13-14H2,1H3,(H,35,40)(H,38,39). The Morgan fingerprint density at radius 2 is 1.68 bits per heavy atom. The first kappa shape index (κ1) is 27.4. The fraction of sp³-hybridized carbons (Fsp3) is 0.129. The third kappa shape index (κ3) is 6.38. The topological polar surface area (TPSA) is 93.5 Å². The first-order valence-corrected chi connectivity index (χ1v) is 12.6. The lowest BCUT2D eigenvalue weighted by molar-refractivity contribution is -0.138. The number of aliphatic carboxylic acids is 1. The molecule has 0 fully saturated rings. The van der Waals surface area contributed by atoms with Crippen molar-refractivity contribution in [3.8, 4) is 28.4 Å². The number of nitrogens with zero attached hydrogens (tertiary/aromatic N) is 2. The van der Waals surface area contributed by atoms with E-state index in [1.165, 1.54) is 35.1 Å². The Morgan fingerprint density at radius 3 is 2.41 bits per heavy atom. The minimum atomic E-state index is -4.51. The van der Waals surface area contributed by atoms with Crippen LogP contribution in [0, 0.1) is 6.92 Å². The van der Waals surface area contributed by atoms with E-state index in [0.29, 0.717) is 28.3 Å². The summed E-state index contributed by atoms with van der Waals surface area (Å²) >= 11 is 0. The largest absolute Gasteiger partial charge is 0.481 e. The van der Waals surface area contributed by atoms with Crippen molar-refractivity contribution in [1.82, 2.24) is 15.1 Å². The molecule has 0 spiro atoms. The van der Waals surface area contributed by atoms with Gasteiger partial charge in [-0.1, -0.05) is 42.0 Å². The molecule has 0 aliphatic carbocycles. The van der Waals surface area contributed by atoms with Crippen molar-refractivity contribution in [1.29, 1.82) is 0 Å². The Labute approximate surface area is 232 Å². The molecular formula is C31H24F3N3O4. The number of hydrogen-bond donors (Lipinski definition) is 2. The number of hydrogen-bond acceptors (Lipinski definition) is 4. The molecule has 0 aliphatic rings. The van der Waals surface area contributed by atoms with Crippen LogP contribution in [0.4, 0.5) is 13.2 Å². The summed E-state index contributed by atoms with van der Waals surface area (Å²) in [5, 5.41) is 17.9. The normalized spacial score (nSPS) is 11.4. The van der Waals surface area contributed by atoms with Gasteiger partial charge in [-0.15, -0.1) is 0 Å². The second-order valence-electron chi connectivity index (χ2n) is 9.43. The van der Waals surface area contributed by atoms with Gasteiger partial charge in [0.2, 0.25) is 0 Å².